The molecule has 0 amide bonds. The monoisotopic (exact) mass is 248 g/mol. The molecule has 17 heavy (non-hydrogen) atoms. The summed E-state index contributed by atoms with van der Waals surface area (Å²) in [6, 6.07) is 10.3. The van der Waals surface area contributed by atoms with Gasteiger partial charge in [-0.15, -0.1) is 11.3 Å². The zero-order valence-corrected chi connectivity index (χ0v) is 10.1. The third kappa shape index (κ3) is 2.54. The van der Waals surface area contributed by atoms with Crippen molar-refractivity contribution >= 4 is 17.1 Å². The van der Waals surface area contributed by atoms with E-state index >= 15 is 0 Å². The van der Waals surface area contributed by atoms with Crippen molar-refractivity contribution in [3.05, 3.63) is 52.2 Å². The summed E-state index contributed by atoms with van der Waals surface area (Å²) in [6.07, 6.45) is -1.08. The normalized spacial score (nSPS) is 12.1. The Morgan fingerprint density at radius 3 is 2.53 bits per heavy atom. The Labute approximate surface area is 103 Å². The van der Waals surface area contributed by atoms with Crippen LogP contribution in [0.4, 0.5) is 0 Å². The second kappa shape index (κ2) is 5.12. The largest absolute Gasteiger partial charge is 0.497 e. The zero-order chi connectivity index (χ0) is 12.3. The van der Waals surface area contributed by atoms with Gasteiger partial charge in [-0.25, -0.2) is 0 Å². The Balaban J connectivity index is 2.19. The number of aliphatic hydroxyl groups is 1. The standard InChI is InChI=1S/C13H12O3S/c1-16-10-6-4-9(5-7-10)12(14)13(15)11-3-2-8-17-11/h2-8,13,15H,1H3. The van der Waals surface area contributed by atoms with Gasteiger partial charge in [0.25, 0.3) is 0 Å². The van der Waals surface area contributed by atoms with Gasteiger partial charge >= 0.3 is 0 Å². The molecule has 1 heterocycles. The fourth-order valence-electron chi connectivity index (χ4n) is 1.49. The molecule has 3 nitrogen and oxygen atoms in total. The second-order valence-electron chi connectivity index (χ2n) is 3.51. The lowest BCUT2D eigenvalue weighted by molar-refractivity contribution is 0.0753. The number of carbonyl (C=O) groups is 1. The summed E-state index contributed by atoms with van der Waals surface area (Å²) >= 11 is 1.37. The molecule has 0 aliphatic rings. The minimum atomic E-state index is -1.08. The van der Waals surface area contributed by atoms with E-state index in [0.717, 1.165) is 0 Å². The Morgan fingerprint density at radius 2 is 2.00 bits per heavy atom. The van der Waals surface area contributed by atoms with Crippen LogP contribution in [0.5, 0.6) is 5.75 Å². The van der Waals surface area contributed by atoms with Crippen LogP contribution in [-0.2, 0) is 0 Å². The number of benzene rings is 1. The molecule has 1 atom stereocenters. The number of hydrogen-bond donors (Lipinski definition) is 1. The third-order valence-corrected chi connectivity index (χ3v) is 3.36. The van der Waals surface area contributed by atoms with Crippen LogP contribution in [0.25, 0.3) is 0 Å². The lowest BCUT2D eigenvalue weighted by atomic mass is 10.1. The highest BCUT2D eigenvalue weighted by Gasteiger charge is 2.19. The van der Waals surface area contributed by atoms with Crippen LogP contribution in [0.2, 0.25) is 0 Å². The van der Waals surface area contributed by atoms with Crippen molar-refractivity contribution in [2.75, 3.05) is 7.11 Å². The predicted octanol–water partition coefficient (Wildman–Crippen LogP) is 2.67. The summed E-state index contributed by atoms with van der Waals surface area (Å²) in [4.78, 5) is 12.6. The molecular weight excluding hydrogens is 236 g/mol. The van der Waals surface area contributed by atoms with Gasteiger partial charge in [0.1, 0.15) is 5.75 Å². The number of carbonyl (C=O) groups excluding carboxylic acids is 1. The van der Waals surface area contributed by atoms with Crippen LogP contribution in [0.15, 0.2) is 41.8 Å². The van der Waals surface area contributed by atoms with Gasteiger partial charge in [-0.1, -0.05) is 6.07 Å². The van der Waals surface area contributed by atoms with E-state index in [0.29, 0.717) is 16.2 Å². The highest BCUT2D eigenvalue weighted by molar-refractivity contribution is 7.10. The van der Waals surface area contributed by atoms with E-state index in [1.54, 1.807) is 37.4 Å². The van der Waals surface area contributed by atoms with Crippen molar-refractivity contribution in [3.8, 4) is 5.75 Å². The van der Waals surface area contributed by atoms with E-state index in [1.807, 2.05) is 11.4 Å². The van der Waals surface area contributed by atoms with Crippen molar-refractivity contribution < 1.29 is 14.6 Å². The zero-order valence-electron chi connectivity index (χ0n) is 9.29. The number of ketones is 1. The Kier molecular flexibility index (Phi) is 3.56. The van der Waals surface area contributed by atoms with Gasteiger partial charge < -0.3 is 9.84 Å². The first-order chi connectivity index (χ1) is 8.22. The fourth-order valence-corrected chi connectivity index (χ4v) is 2.20. The van der Waals surface area contributed by atoms with Crippen LogP contribution >= 0.6 is 11.3 Å². The van der Waals surface area contributed by atoms with Gasteiger partial charge in [0.2, 0.25) is 0 Å². The molecule has 1 N–H and O–H groups in total. The number of aliphatic hydroxyl groups excluding tert-OH is 1. The number of hydrogen-bond acceptors (Lipinski definition) is 4. The summed E-state index contributed by atoms with van der Waals surface area (Å²) in [5.41, 5.74) is 0.478. The van der Waals surface area contributed by atoms with E-state index in [1.165, 1.54) is 11.3 Å². The number of methoxy groups -OCH3 is 1. The molecule has 2 aromatic rings. The van der Waals surface area contributed by atoms with Crippen molar-refractivity contribution in [1.29, 1.82) is 0 Å². The molecule has 4 heteroatoms. The van der Waals surface area contributed by atoms with Gasteiger partial charge in [0.15, 0.2) is 11.9 Å². The third-order valence-electron chi connectivity index (χ3n) is 2.44. The van der Waals surface area contributed by atoms with Gasteiger partial charge in [-0.3, -0.25) is 4.79 Å². The fraction of sp³-hybridized carbons (Fsp3) is 0.154. The van der Waals surface area contributed by atoms with Crippen molar-refractivity contribution in [2.45, 2.75) is 6.10 Å². The number of rotatable bonds is 4. The highest BCUT2D eigenvalue weighted by atomic mass is 32.1. The van der Waals surface area contributed by atoms with Crippen LogP contribution in [0.3, 0.4) is 0 Å². The quantitative estimate of drug-likeness (QED) is 0.846. The molecule has 0 spiro atoms. The maximum Gasteiger partial charge on any atom is 0.196 e. The van der Waals surface area contributed by atoms with E-state index in [9.17, 15) is 9.90 Å². The van der Waals surface area contributed by atoms with Crippen LogP contribution in [-0.4, -0.2) is 18.0 Å². The molecular formula is C13H12O3S. The Bertz CT molecular complexity index is 488. The minimum absolute atomic E-state index is 0.296. The first kappa shape index (κ1) is 11.8. The SMILES string of the molecule is COc1ccc(C(=O)C(O)c2cccs2)cc1. The number of Topliss-reactive ketones (excluding diaryl/α,β-unsaturated/α-hetero) is 1. The maximum absolute atomic E-state index is 12.0. The molecule has 0 radical (unpaired) electrons. The maximum atomic E-state index is 12.0. The van der Waals surface area contributed by atoms with E-state index in [-0.39, 0.29) is 5.78 Å². The molecule has 88 valence electrons. The van der Waals surface area contributed by atoms with Crippen molar-refractivity contribution in [2.24, 2.45) is 0 Å². The summed E-state index contributed by atoms with van der Waals surface area (Å²) in [5.74, 6) is 0.391. The summed E-state index contributed by atoms with van der Waals surface area (Å²) in [5, 5.41) is 11.7. The highest BCUT2D eigenvalue weighted by Crippen LogP contribution is 2.23. The van der Waals surface area contributed by atoms with Gasteiger partial charge in [-0.05, 0) is 35.7 Å². The van der Waals surface area contributed by atoms with Crippen LogP contribution < -0.4 is 4.74 Å². The first-order valence-electron chi connectivity index (χ1n) is 5.12. The van der Waals surface area contributed by atoms with E-state index < -0.39 is 6.10 Å². The number of ether oxygens (including phenoxy) is 1. The van der Waals surface area contributed by atoms with Gasteiger partial charge in [-0.2, -0.15) is 0 Å². The lowest BCUT2D eigenvalue weighted by Crippen LogP contribution is -2.10. The van der Waals surface area contributed by atoms with Gasteiger partial charge in [0, 0.05) is 10.4 Å². The van der Waals surface area contributed by atoms with Crippen molar-refractivity contribution in [1.82, 2.24) is 0 Å². The van der Waals surface area contributed by atoms with Crippen LogP contribution in [0.1, 0.15) is 21.3 Å². The summed E-state index contributed by atoms with van der Waals surface area (Å²) < 4.78 is 5.01. The molecule has 0 aliphatic carbocycles. The second-order valence-corrected chi connectivity index (χ2v) is 4.49. The van der Waals surface area contributed by atoms with E-state index in [2.05, 4.69) is 0 Å². The summed E-state index contributed by atoms with van der Waals surface area (Å²) in [6.45, 7) is 0. The molecule has 0 saturated heterocycles. The van der Waals surface area contributed by atoms with Crippen LogP contribution in [0, 0.1) is 0 Å². The Morgan fingerprint density at radius 1 is 1.29 bits per heavy atom. The van der Waals surface area contributed by atoms with E-state index in [4.69, 9.17) is 4.74 Å². The molecule has 1 aromatic heterocycles. The molecule has 0 aliphatic heterocycles. The molecule has 2 rings (SSSR count). The Hall–Kier alpha value is -1.65. The van der Waals surface area contributed by atoms with Crippen molar-refractivity contribution in [3.63, 3.8) is 0 Å². The average Bonchev–Trinajstić information content (AvgIpc) is 2.91. The minimum Gasteiger partial charge on any atom is -0.497 e. The van der Waals surface area contributed by atoms with Gasteiger partial charge in [0.05, 0.1) is 7.11 Å². The lowest BCUT2D eigenvalue weighted by Gasteiger charge is -2.08. The summed E-state index contributed by atoms with van der Waals surface area (Å²) in [7, 11) is 1.57. The molecule has 0 saturated carbocycles. The average molecular weight is 248 g/mol. The molecule has 1 aromatic carbocycles. The predicted molar refractivity (Wildman–Crippen MR) is 66.6 cm³/mol. The molecule has 1 unspecified atom stereocenters. The number of thiophene rings is 1. The molecule has 0 fully saturated rings. The molecule has 0 bridgehead atoms. The topological polar surface area (TPSA) is 46.5 Å². The first-order valence-corrected chi connectivity index (χ1v) is 6.00. The smallest absolute Gasteiger partial charge is 0.196 e.